The Hall–Kier alpha value is -0.760. The first-order chi connectivity index (χ1) is 6.75. The zero-order chi connectivity index (χ0) is 9.97. The van der Waals surface area contributed by atoms with Crippen molar-refractivity contribution in [3.05, 3.63) is 40.0 Å². The maximum absolute atomic E-state index is 3.44. The number of halogens is 1. The van der Waals surface area contributed by atoms with Crippen molar-refractivity contribution >= 4 is 22.0 Å². The first-order valence-electron chi connectivity index (χ1n) is 4.93. The summed E-state index contributed by atoms with van der Waals surface area (Å²) >= 11 is 3.44. The summed E-state index contributed by atoms with van der Waals surface area (Å²) in [5.41, 5.74) is 2.74. The van der Waals surface area contributed by atoms with Gasteiger partial charge in [-0.1, -0.05) is 28.1 Å². The number of allylic oxidation sites excluding steroid dienone is 1. The molecule has 74 valence electrons. The molecule has 1 aliphatic heterocycles. The Kier molecular flexibility index (Phi) is 2.92. The Morgan fingerprint density at radius 3 is 2.57 bits per heavy atom. The van der Waals surface area contributed by atoms with Gasteiger partial charge in [-0.25, -0.2) is 0 Å². The summed E-state index contributed by atoms with van der Waals surface area (Å²) in [6.45, 7) is 1.20. The fraction of sp³-hybridized carbons (Fsp3) is 0.333. The molecule has 1 nitrogen and oxygen atoms in total. The minimum absolute atomic E-state index is 1.14. The minimum atomic E-state index is 1.14. The lowest BCUT2D eigenvalue weighted by molar-refractivity contribution is 0.484. The molecule has 1 fully saturated rings. The molecular weight excluding hydrogens is 238 g/mol. The van der Waals surface area contributed by atoms with Crippen LogP contribution in [0.1, 0.15) is 18.4 Å². The van der Waals surface area contributed by atoms with Crippen LogP contribution in [-0.2, 0) is 0 Å². The van der Waals surface area contributed by atoms with Crippen molar-refractivity contribution < 1.29 is 0 Å². The van der Waals surface area contributed by atoms with E-state index in [9.17, 15) is 0 Å². The highest BCUT2D eigenvalue weighted by molar-refractivity contribution is 9.10. The van der Waals surface area contributed by atoms with Gasteiger partial charge < -0.3 is 4.90 Å². The van der Waals surface area contributed by atoms with Crippen LogP contribution in [0.4, 0.5) is 0 Å². The lowest BCUT2D eigenvalue weighted by atomic mass is 10.2. The molecule has 14 heavy (non-hydrogen) atoms. The summed E-state index contributed by atoms with van der Waals surface area (Å²) in [6, 6.07) is 8.45. The standard InChI is InChI=1S/C12H14BrN/c1-14-8-2-3-12(14)9-10-4-6-11(13)7-5-10/h4-7,9H,2-3,8H2,1H3/b12-9-. The molecule has 0 aliphatic carbocycles. The van der Waals surface area contributed by atoms with E-state index in [1.165, 1.54) is 30.6 Å². The molecule has 2 rings (SSSR count). The summed E-state index contributed by atoms with van der Waals surface area (Å²) < 4.78 is 1.14. The number of hydrogen-bond acceptors (Lipinski definition) is 1. The predicted molar refractivity (Wildman–Crippen MR) is 64.0 cm³/mol. The molecular formula is C12H14BrN. The fourth-order valence-electron chi connectivity index (χ4n) is 1.77. The summed E-state index contributed by atoms with van der Waals surface area (Å²) in [5.74, 6) is 0. The number of likely N-dealkylation sites (tertiary alicyclic amines) is 1. The second-order valence-corrected chi connectivity index (χ2v) is 4.63. The molecule has 1 aromatic rings. The Morgan fingerprint density at radius 1 is 1.29 bits per heavy atom. The molecule has 0 bridgehead atoms. The monoisotopic (exact) mass is 251 g/mol. The molecule has 0 atom stereocenters. The molecule has 0 spiro atoms. The highest BCUT2D eigenvalue weighted by atomic mass is 79.9. The molecule has 0 N–H and O–H groups in total. The van der Waals surface area contributed by atoms with Crippen molar-refractivity contribution in [2.75, 3.05) is 13.6 Å². The van der Waals surface area contributed by atoms with Gasteiger partial charge in [0, 0.05) is 23.8 Å². The Balaban J connectivity index is 2.20. The molecule has 0 amide bonds. The predicted octanol–water partition coefficient (Wildman–Crippen LogP) is 3.52. The van der Waals surface area contributed by atoms with E-state index < -0.39 is 0 Å². The number of hydrogen-bond donors (Lipinski definition) is 0. The highest BCUT2D eigenvalue weighted by Gasteiger charge is 2.11. The maximum atomic E-state index is 3.44. The number of rotatable bonds is 1. The maximum Gasteiger partial charge on any atom is 0.0175 e. The van der Waals surface area contributed by atoms with E-state index in [2.05, 4.69) is 58.2 Å². The van der Waals surface area contributed by atoms with Crippen LogP contribution >= 0.6 is 15.9 Å². The third-order valence-electron chi connectivity index (χ3n) is 2.62. The molecule has 1 aliphatic rings. The van der Waals surface area contributed by atoms with Gasteiger partial charge in [-0.3, -0.25) is 0 Å². The van der Waals surface area contributed by atoms with Crippen LogP contribution in [0.15, 0.2) is 34.4 Å². The van der Waals surface area contributed by atoms with Gasteiger partial charge in [-0.15, -0.1) is 0 Å². The quantitative estimate of drug-likeness (QED) is 0.739. The van der Waals surface area contributed by atoms with Gasteiger partial charge in [0.05, 0.1) is 0 Å². The van der Waals surface area contributed by atoms with Crippen LogP contribution < -0.4 is 0 Å². The zero-order valence-corrected chi connectivity index (χ0v) is 9.92. The Bertz CT molecular complexity index is 340. The van der Waals surface area contributed by atoms with Crippen molar-refractivity contribution in [3.63, 3.8) is 0 Å². The molecule has 0 saturated carbocycles. The zero-order valence-electron chi connectivity index (χ0n) is 8.33. The van der Waals surface area contributed by atoms with Crippen molar-refractivity contribution in [2.24, 2.45) is 0 Å². The summed E-state index contributed by atoms with van der Waals surface area (Å²) in [5, 5.41) is 0. The van der Waals surface area contributed by atoms with Gasteiger partial charge in [0.2, 0.25) is 0 Å². The van der Waals surface area contributed by atoms with Crippen molar-refractivity contribution in [2.45, 2.75) is 12.8 Å². The summed E-state index contributed by atoms with van der Waals surface area (Å²) in [4.78, 5) is 2.34. The first-order valence-corrected chi connectivity index (χ1v) is 5.72. The number of nitrogens with zero attached hydrogens (tertiary/aromatic N) is 1. The van der Waals surface area contributed by atoms with Gasteiger partial charge in [-0.05, 0) is 36.6 Å². The summed E-state index contributed by atoms with van der Waals surface area (Å²) in [6.07, 6.45) is 4.78. The van der Waals surface area contributed by atoms with E-state index in [4.69, 9.17) is 0 Å². The molecule has 0 aromatic heterocycles. The Morgan fingerprint density at radius 2 is 2.00 bits per heavy atom. The van der Waals surface area contributed by atoms with Crippen molar-refractivity contribution in [3.8, 4) is 0 Å². The van der Waals surface area contributed by atoms with Gasteiger partial charge in [0.1, 0.15) is 0 Å². The molecule has 0 radical (unpaired) electrons. The topological polar surface area (TPSA) is 3.24 Å². The van der Waals surface area contributed by atoms with E-state index >= 15 is 0 Å². The van der Waals surface area contributed by atoms with Crippen LogP contribution in [0.2, 0.25) is 0 Å². The molecule has 1 heterocycles. The van der Waals surface area contributed by atoms with Crippen LogP contribution in [0, 0.1) is 0 Å². The van der Waals surface area contributed by atoms with Crippen LogP contribution in [0.3, 0.4) is 0 Å². The normalized spacial score (nSPS) is 19.3. The SMILES string of the molecule is CN1CCC/C1=C/c1ccc(Br)cc1. The van der Waals surface area contributed by atoms with E-state index in [0.717, 1.165) is 4.47 Å². The molecule has 2 heteroatoms. The fourth-order valence-corrected chi connectivity index (χ4v) is 2.03. The lowest BCUT2D eigenvalue weighted by Gasteiger charge is -2.12. The Labute approximate surface area is 93.6 Å². The van der Waals surface area contributed by atoms with Crippen LogP contribution in [0.25, 0.3) is 6.08 Å². The van der Waals surface area contributed by atoms with E-state index in [1.54, 1.807) is 0 Å². The second kappa shape index (κ2) is 4.18. The highest BCUT2D eigenvalue weighted by Crippen LogP contribution is 2.22. The second-order valence-electron chi connectivity index (χ2n) is 3.71. The van der Waals surface area contributed by atoms with Crippen LogP contribution in [-0.4, -0.2) is 18.5 Å². The van der Waals surface area contributed by atoms with E-state index in [-0.39, 0.29) is 0 Å². The molecule has 0 unspecified atom stereocenters. The van der Waals surface area contributed by atoms with Gasteiger partial charge in [0.15, 0.2) is 0 Å². The largest absolute Gasteiger partial charge is 0.378 e. The van der Waals surface area contributed by atoms with Gasteiger partial charge in [-0.2, -0.15) is 0 Å². The van der Waals surface area contributed by atoms with Crippen LogP contribution in [0.5, 0.6) is 0 Å². The average Bonchev–Trinajstić information content (AvgIpc) is 2.56. The molecule has 1 saturated heterocycles. The first kappa shape index (κ1) is 9.78. The average molecular weight is 252 g/mol. The van der Waals surface area contributed by atoms with Crippen molar-refractivity contribution in [1.82, 2.24) is 4.90 Å². The molecule has 1 aromatic carbocycles. The van der Waals surface area contributed by atoms with Gasteiger partial charge in [0.25, 0.3) is 0 Å². The van der Waals surface area contributed by atoms with E-state index in [1.807, 2.05) is 0 Å². The minimum Gasteiger partial charge on any atom is -0.378 e. The van der Waals surface area contributed by atoms with Crippen molar-refractivity contribution in [1.29, 1.82) is 0 Å². The lowest BCUT2D eigenvalue weighted by Crippen LogP contribution is -2.09. The van der Waals surface area contributed by atoms with E-state index in [0.29, 0.717) is 0 Å². The third-order valence-corrected chi connectivity index (χ3v) is 3.15. The summed E-state index contributed by atoms with van der Waals surface area (Å²) in [7, 11) is 2.16. The smallest absolute Gasteiger partial charge is 0.0175 e. The number of benzene rings is 1. The third kappa shape index (κ3) is 2.18. The van der Waals surface area contributed by atoms with Gasteiger partial charge >= 0.3 is 0 Å².